The van der Waals surface area contributed by atoms with Crippen LogP contribution in [0.4, 0.5) is 0 Å². The van der Waals surface area contributed by atoms with Crippen LogP contribution in [0.15, 0.2) is 48.5 Å². The van der Waals surface area contributed by atoms with Gasteiger partial charge in [-0.15, -0.1) is 0 Å². The van der Waals surface area contributed by atoms with Gasteiger partial charge in [-0.2, -0.15) is 0 Å². The molecule has 5 heteroatoms. The predicted octanol–water partition coefficient (Wildman–Crippen LogP) is 5.43. The third kappa shape index (κ3) is 6.26. The van der Waals surface area contributed by atoms with Crippen molar-refractivity contribution in [3.8, 4) is 11.5 Å². The summed E-state index contributed by atoms with van der Waals surface area (Å²) in [5, 5.41) is 0. The molecule has 0 N–H and O–H groups in total. The number of rotatable bonds is 9. The molecule has 32 heavy (non-hydrogen) atoms. The monoisotopic (exact) mass is 439 g/mol. The van der Waals surface area contributed by atoms with Crippen LogP contribution in [0.5, 0.6) is 11.5 Å². The summed E-state index contributed by atoms with van der Waals surface area (Å²) in [4.78, 5) is 14.4. The van der Waals surface area contributed by atoms with E-state index in [1.165, 1.54) is 5.56 Å². The Morgan fingerprint density at radius 1 is 1.12 bits per heavy atom. The molecule has 1 fully saturated rings. The second-order valence-corrected chi connectivity index (χ2v) is 9.30. The zero-order valence-electron chi connectivity index (χ0n) is 20.1. The van der Waals surface area contributed by atoms with Crippen molar-refractivity contribution in [2.45, 2.75) is 58.1 Å². The minimum atomic E-state index is -0.101. The molecule has 2 atom stereocenters. The SMILES string of the molecule is COc1ccc(CN(CC[C@H](c2ccccc2)[C@@H]2CCOC(C)(C)C2)C(C)=O)cc1OC. The number of methoxy groups -OCH3 is 2. The first-order valence-electron chi connectivity index (χ1n) is 11.5. The normalized spacial score (nSPS) is 18.6. The van der Waals surface area contributed by atoms with E-state index < -0.39 is 0 Å². The molecule has 1 aliphatic heterocycles. The molecule has 1 saturated heterocycles. The fourth-order valence-corrected chi connectivity index (χ4v) is 4.84. The Kier molecular flexibility index (Phi) is 8.19. The molecule has 0 aliphatic carbocycles. The highest BCUT2D eigenvalue weighted by molar-refractivity contribution is 5.73. The van der Waals surface area contributed by atoms with Gasteiger partial charge >= 0.3 is 0 Å². The highest BCUT2D eigenvalue weighted by Crippen LogP contribution is 2.40. The number of amides is 1. The van der Waals surface area contributed by atoms with E-state index in [9.17, 15) is 4.79 Å². The van der Waals surface area contributed by atoms with Gasteiger partial charge in [0.1, 0.15) is 0 Å². The lowest BCUT2D eigenvalue weighted by molar-refractivity contribution is -0.129. The van der Waals surface area contributed by atoms with Gasteiger partial charge in [-0.05, 0) is 68.2 Å². The number of hydrogen-bond donors (Lipinski definition) is 0. The summed E-state index contributed by atoms with van der Waals surface area (Å²) < 4.78 is 16.8. The topological polar surface area (TPSA) is 48.0 Å². The van der Waals surface area contributed by atoms with Crippen molar-refractivity contribution >= 4 is 5.91 Å². The third-order valence-corrected chi connectivity index (χ3v) is 6.51. The highest BCUT2D eigenvalue weighted by atomic mass is 16.5. The number of hydrogen-bond acceptors (Lipinski definition) is 4. The summed E-state index contributed by atoms with van der Waals surface area (Å²) in [6.45, 7) is 8.07. The Balaban J connectivity index is 1.76. The number of benzene rings is 2. The lowest BCUT2D eigenvalue weighted by Crippen LogP contribution is -2.37. The zero-order valence-corrected chi connectivity index (χ0v) is 20.1. The average Bonchev–Trinajstić information content (AvgIpc) is 2.78. The van der Waals surface area contributed by atoms with Crippen LogP contribution < -0.4 is 9.47 Å². The fourth-order valence-electron chi connectivity index (χ4n) is 4.84. The molecule has 1 heterocycles. The molecule has 1 amide bonds. The Morgan fingerprint density at radius 2 is 1.84 bits per heavy atom. The molecule has 3 rings (SSSR count). The maximum atomic E-state index is 12.5. The Hall–Kier alpha value is -2.53. The molecule has 0 unspecified atom stereocenters. The molecule has 1 aliphatic rings. The van der Waals surface area contributed by atoms with Gasteiger partial charge in [0.05, 0.1) is 19.8 Å². The van der Waals surface area contributed by atoms with Crippen molar-refractivity contribution < 1.29 is 19.0 Å². The lowest BCUT2D eigenvalue weighted by atomic mass is 9.75. The number of nitrogens with zero attached hydrogens (tertiary/aromatic N) is 1. The summed E-state index contributed by atoms with van der Waals surface area (Å²) in [6.07, 6.45) is 3.01. The maximum Gasteiger partial charge on any atom is 0.219 e. The predicted molar refractivity (Wildman–Crippen MR) is 127 cm³/mol. The molecule has 2 aromatic carbocycles. The van der Waals surface area contributed by atoms with Crippen molar-refractivity contribution in [3.63, 3.8) is 0 Å². The first-order chi connectivity index (χ1) is 15.3. The van der Waals surface area contributed by atoms with Crippen LogP contribution in [0.25, 0.3) is 0 Å². The van der Waals surface area contributed by atoms with Gasteiger partial charge in [0.15, 0.2) is 11.5 Å². The first-order valence-corrected chi connectivity index (χ1v) is 11.5. The van der Waals surface area contributed by atoms with Crippen molar-refractivity contribution in [1.29, 1.82) is 0 Å². The van der Waals surface area contributed by atoms with E-state index in [1.54, 1.807) is 21.1 Å². The smallest absolute Gasteiger partial charge is 0.219 e. The van der Waals surface area contributed by atoms with Gasteiger partial charge in [-0.25, -0.2) is 0 Å². The van der Waals surface area contributed by atoms with Crippen LogP contribution >= 0.6 is 0 Å². The van der Waals surface area contributed by atoms with E-state index >= 15 is 0 Å². The van der Waals surface area contributed by atoms with Gasteiger partial charge in [0.2, 0.25) is 5.91 Å². The van der Waals surface area contributed by atoms with E-state index in [-0.39, 0.29) is 11.5 Å². The largest absolute Gasteiger partial charge is 0.493 e. The molecule has 5 nitrogen and oxygen atoms in total. The molecule has 0 bridgehead atoms. The van der Waals surface area contributed by atoms with E-state index in [4.69, 9.17) is 14.2 Å². The van der Waals surface area contributed by atoms with Crippen LogP contribution in [0.1, 0.15) is 57.1 Å². The van der Waals surface area contributed by atoms with Gasteiger partial charge in [0, 0.05) is 26.6 Å². The third-order valence-electron chi connectivity index (χ3n) is 6.51. The van der Waals surface area contributed by atoms with Crippen LogP contribution in [-0.4, -0.2) is 43.8 Å². The summed E-state index contributed by atoms with van der Waals surface area (Å²) in [6, 6.07) is 16.6. The maximum absolute atomic E-state index is 12.5. The minimum absolute atomic E-state index is 0.0823. The molecule has 0 spiro atoms. The molecule has 0 saturated carbocycles. The molecule has 0 radical (unpaired) electrons. The summed E-state index contributed by atoms with van der Waals surface area (Å²) in [5.74, 6) is 2.39. The Bertz CT molecular complexity index is 880. The quantitative estimate of drug-likeness (QED) is 0.523. The van der Waals surface area contributed by atoms with Crippen LogP contribution in [0, 0.1) is 5.92 Å². The van der Waals surface area contributed by atoms with Crippen molar-refractivity contribution in [1.82, 2.24) is 4.90 Å². The molecule has 0 aromatic heterocycles. The lowest BCUT2D eigenvalue weighted by Gasteiger charge is -2.40. The molecule has 2 aromatic rings. The standard InChI is InChI=1S/C27H37NO4/c1-20(29)28(19-21-11-12-25(30-4)26(17-21)31-5)15-13-24(22-9-7-6-8-10-22)23-14-16-32-27(2,3)18-23/h6-12,17,23-24H,13-16,18-19H2,1-5H3/t23-,24-/m1/s1. The highest BCUT2D eigenvalue weighted by Gasteiger charge is 2.34. The second kappa shape index (κ2) is 10.9. The number of ether oxygens (including phenoxy) is 3. The number of carbonyl (C=O) groups is 1. The van der Waals surface area contributed by atoms with E-state index in [0.717, 1.165) is 31.4 Å². The van der Waals surface area contributed by atoms with Crippen LogP contribution in [0.3, 0.4) is 0 Å². The van der Waals surface area contributed by atoms with Crippen LogP contribution in [0.2, 0.25) is 0 Å². The molecular formula is C27H37NO4. The van der Waals surface area contributed by atoms with Gasteiger partial charge in [0.25, 0.3) is 0 Å². The summed E-state index contributed by atoms with van der Waals surface area (Å²) >= 11 is 0. The van der Waals surface area contributed by atoms with Gasteiger partial charge < -0.3 is 19.1 Å². The fraction of sp³-hybridized carbons (Fsp3) is 0.519. The average molecular weight is 440 g/mol. The molecule has 174 valence electrons. The van der Waals surface area contributed by atoms with Gasteiger partial charge in [-0.1, -0.05) is 36.4 Å². The first kappa shape index (κ1) is 24.1. The van der Waals surface area contributed by atoms with Gasteiger partial charge in [-0.3, -0.25) is 4.79 Å². The van der Waals surface area contributed by atoms with E-state index in [0.29, 0.717) is 36.4 Å². The van der Waals surface area contributed by atoms with Crippen LogP contribution in [-0.2, 0) is 16.1 Å². The minimum Gasteiger partial charge on any atom is -0.493 e. The van der Waals surface area contributed by atoms with E-state index in [2.05, 4.69) is 44.2 Å². The summed E-state index contributed by atoms with van der Waals surface area (Å²) in [7, 11) is 3.25. The second-order valence-electron chi connectivity index (χ2n) is 9.30. The van der Waals surface area contributed by atoms with Crippen molar-refractivity contribution in [2.75, 3.05) is 27.4 Å². The molecular weight excluding hydrogens is 402 g/mol. The van der Waals surface area contributed by atoms with Crippen molar-refractivity contribution in [3.05, 3.63) is 59.7 Å². The number of carbonyl (C=O) groups excluding carboxylic acids is 1. The zero-order chi connectivity index (χ0) is 23.1. The summed E-state index contributed by atoms with van der Waals surface area (Å²) in [5.41, 5.74) is 2.28. The van der Waals surface area contributed by atoms with E-state index in [1.807, 2.05) is 23.1 Å². The van der Waals surface area contributed by atoms with Crippen molar-refractivity contribution in [2.24, 2.45) is 5.92 Å². The Morgan fingerprint density at radius 3 is 2.47 bits per heavy atom. The Labute approximate surface area is 192 Å².